The number of carbonyl (C=O) groups is 9. The number of benzene rings is 6. The summed E-state index contributed by atoms with van der Waals surface area (Å²) in [5, 5.41) is 8.05. The third kappa shape index (κ3) is 25.6. The fourth-order valence-electron chi connectivity index (χ4n) is 22.5. The van der Waals surface area contributed by atoms with E-state index in [0.717, 1.165) is 169 Å². The molecular weight excluding hydrogens is 1870 g/mol. The number of para-hydroxylation sites is 6. The number of rotatable bonds is 21. The van der Waals surface area contributed by atoms with Crippen molar-refractivity contribution in [2.45, 2.75) is 248 Å². The predicted octanol–water partition coefficient (Wildman–Crippen LogP) is 19.2. The van der Waals surface area contributed by atoms with E-state index < -0.39 is 14.7 Å². The fraction of sp³-hybridized carbons (Fsp3) is 0.602. The van der Waals surface area contributed by atoms with Crippen LogP contribution in [0, 0.1) is 22.1 Å². The van der Waals surface area contributed by atoms with Gasteiger partial charge in [0.2, 0.25) is 35.4 Å². The lowest BCUT2D eigenvalue weighted by Crippen LogP contribution is -2.53. The zero-order valence-electron chi connectivity index (χ0n) is 88.4. The zero-order chi connectivity index (χ0) is 102. The number of piperidine rings is 3. The molecule has 6 atom stereocenters. The molecule has 6 aromatic carbocycles. The van der Waals surface area contributed by atoms with Crippen molar-refractivity contribution in [3.8, 4) is 0 Å². The molecule has 790 valence electrons. The van der Waals surface area contributed by atoms with Crippen LogP contribution in [0.15, 0.2) is 140 Å². The maximum Gasteiger partial charge on any atom is 0.322 e. The van der Waals surface area contributed by atoms with E-state index in [1.165, 1.54) is 40.3 Å². The van der Waals surface area contributed by atoms with Crippen molar-refractivity contribution < 1.29 is 54.7 Å². The summed E-state index contributed by atoms with van der Waals surface area (Å²) in [7, 11) is 4.33. The smallest absolute Gasteiger partial charge is 0.322 e. The Labute approximate surface area is 875 Å². The van der Waals surface area contributed by atoms with Gasteiger partial charge < -0.3 is 84.5 Å². The van der Waals surface area contributed by atoms with Crippen LogP contribution in [-0.2, 0) is 48.0 Å². The molecule has 12 aliphatic rings. The van der Waals surface area contributed by atoms with Gasteiger partial charge in [-0.25, -0.2) is 18.8 Å². The van der Waals surface area contributed by atoms with Crippen molar-refractivity contribution in [3.05, 3.63) is 179 Å². The molecule has 9 fully saturated rings. The lowest BCUT2D eigenvalue weighted by molar-refractivity contribution is -0.139. The highest BCUT2D eigenvalue weighted by Crippen LogP contribution is 2.57. The third-order valence-corrected chi connectivity index (χ3v) is 36.2. The highest BCUT2D eigenvalue weighted by molar-refractivity contribution is 8.02. The van der Waals surface area contributed by atoms with Crippen molar-refractivity contribution in [3.63, 3.8) is 0 Å². The molecule has 12 heterocycles. The minimum absolute atomic E-state index is 0. The number of urea groups is 3. The first-order valence-corrected chi connectivity index (χ1v) is 55.8. The molecule has 18 rings (SSSR count). The number of thioether (sulfide) groups is 3. The van der Waals surface area contributed by atoms with Gasteiger partial charge in [0, 0.05) is 239 Å². The molecule has 144 heavy (non-hydrogen) atoms. The minimum atomic E-state index is -0.845. The zero-order valence-corrected chi connectivity index (χ0v) is 90.8. The number of amides is 12. The van der Waals surface area contributed by atoms with E-state index in [0.29, 0.717) is 110 Å². The Morgan fingerprint density at radius 1 is 0.382 bits per heavy atom. The number of likely N-dealkylation sites (tertiary alicyclic amines) is 3. The molecule has 0 saturated carbocycles. The van der Waals surface area contributed by atoms with Crippen LogP contribution in [0.25, 0.3) is 0 Å². The van der Waals surface area contributed by atoms with Gasteiger partial charge in [-0.3, -0.25) is 33.7 Å². The summed E-state index contributed by atoms with van der Waals surface area (Å²) >= 11 is 4.81. The van der Waals surface area contributed by atoms with Gasteiger partial charge in [0.25, 0.3) is 0 Å². The van der Waals surface area contributed by atoms with Crippen LogP contribution in [0.3, 0.4) is 0 Å². The first kappa shape index (κ1) is 107. The van der Waals surface area contributed by atoms with Crippen LogP contribution < -0.4 is 30.7 Å². The van der Waals surface area contributed by atoms with Gasteiger partial charge >= 0.3 is 18.1 Å². The van der Waals surface area contributed by atoms with E-state index in [2.05, 4.69) is 219 Å². The van der Waals surface area contributed by atoms with Crippen molar-refractivity contribution in [1.82, 2.24) is 58.8 Å². The number of likely N-dealkylation sites (N-methyl/N-ethyl adjacent to an activating group) is 2. The SMILES string of the molecule is CC(C)(C)CCN1C(=O)C(CC(=O)N2CCC(N3CCc4ccccc4NC3=O)CC2)SC1c1cccc(F)c1N1CCN(C(C)(C)C)CC1.CN1CCN(c2ccccc2[C@@H]2S[C@](C)(CC(=O)N3CCC(N4CCc5ccccc5NC4=O)CC3)C(=O)N2CCC(C)(C)C)CC1.CN1CCN(c2ccccc2[C@H]2S[C@](C)(CC(=O)N3CCC(N4CCc5ccccc5NC4=O)CC3)C(=O)N2CCC(C)(C)C)CC1.[HH].[HH].[HH].[HH].[HH]. The number of hydrogen-bond donors (Lipinski definition) is 3. The molecule has 0 bridgehead atoms. The van der Waals surface area contributed by atoms with Crippen molar-refractivity contribution in [1.29, 1.82) is 0 Å². The average molecular weight is 2040 g/mol. The largest absolute Gasteiger partial charge is 0.369 e. The summed E-state index contributed by atoms with van der Waals surface area (Å²) < 4.78 is 14.1. The molecule has 31 heteroatoms. The molecule has 12 amide bonds. The lowest BCUT2D eigenvalue weighted by atomic mass is 9.91. The second-order valence-corrected chi connectivity index (χ2v) is 51.3. The molecule has 3 N–H and O–H groups in total. The Balaban J connectivity index is 0.000000209. The normalized spacial score (nSPS) is 24.1. The van der Waals surface area contributed by atoms with Crippen molar-refractivity contribution in [2.75, 3.05) is 202 Å². The molecule has 2 unspecified atom stereocenters. The van der Waals surface area contributed by atoms with Crippen molar-refractivity contribution in [2.24, 2.45) is 16.2 Å². The van der Waals surface area contributed by atoms with E-state index in [-0.39, 0.29) is 142 Å². The van der Waals surface area contributed by atoms with E-state index in [1.807, 2.05) is 109 Å². The number of carbonyl (C=O) groups excluding carboxylic acids is 9. The monoisotopic (exact) mass is 2040 g/mol. The van der Waals surface area contributed by atoms with Crippen LogP contribution in [0.4, 0.5) is 52.9 Å². The number of anilines is 6. The maximum absolute atomic E-state index is 15.8. The van der Waals surface area contributed by atoms with E-state index in [4.69, 9.17) is 0 Å². The highest BCUT2D eigenvalue weighted by atomic mass is 32.2. The fourth-order valence-corrected chi connectivity index (χ4v) is 27.2. The molecule has 0 aromatic heterocycles. The van der Waals surface area contributed by atoms with E-state index in [1.54, 1.807) is 29.6 Å². The Kier molecular flexibility index (Phi) is 33.8. The van der Waals surface area contributed by atoms with Gasteiger partial charge in [-0.2, -0.15) is 0 Å². The predicted molar refractivity (Wildman–Crippen MR) is 592 cm³/mol. The van der Waals surface area contributed by atoms with Crippen LogP contribution in [0.2, 0.25) is 0 Å². The lowest BCUT2D eigenvalue weighted by Gasteiger charge is -2.43. The van der Waals surface area contributed by atoms with Gasteiger partial charge in [-0.15, -0.1) is 35.3 Å². The van der Waals surface area contributed by atoms with E-state index >= 15 is 4.39 Å². The van der Waals surface area contributed by atoms with Crippen LogP contribution in [-0.4, -0.2) is 322 Å². The quantitative estimate of drug-likeness (QED) is 0.0607. The maximum atomic E-state index is 15.8. The first-order valence-electron chi connectivity index (χ1n) is 53.1. The van der Waals surface area contributed by atoms with Crippen molar-refractivity contribution >= 4 is 123 Å². The Morgan fingerprint density at radius 3 is 1.08 bits per heavy atom. The molecule has 6 aromatic rings. The number of halogens is 1. The molecule has 0 radical (unpaired) electrons. The van der Waals surface area contributed by atoms with Crippen LogP contribution in [0.1, 0.15) is 231 Å². The molecule has 0 aliphatic carbocycles. The third-order valence-electron chi connectivity index (χ3n) is 31.6. The number of hydrogen-bond acceptors (Lipinski definition) is 18. The molecular formula is C113H169FN18O9S3. The Morgan fingerprint density at radius 2 is 0.715 bits per heavy atom. The summed E-state index contributed by atoms with van der Waals surface area (Å²) in [6.45, 7) is 48.7. The first-order chi connectivity index (χ1) is 68.5. The van der Waals surface area contributed by atoms with Crippen LogP contribution >= 0.6 is 35.3 Å². The second-order valence-electron chi connectivity index (χ2n) is 46.8. The van der Waals surface area contributed by atoms with Gasteiger partial charge in [-0.1, -0.05) is 165 Å². The summed E-state index contributed by atoms with van der Waals surface area (Å²) in [5.41, 5.74) is 12.4. The van der Waals surface area contributed by atoms with Gasteiger partial charge in [0.15, 0.2) is 0 Å². The summed E-state index contributed by atoms with van der Waals surface area (Å²) in [5.74, 6) is -0.147. The number of nitrogens with one attached hydrogen (secondary N) is 3. The number of piperazine rings is 3. The van der Waals surface area contributed by atoms with Gasteiger partial charge in [0.05, 0.1) is 23.8 Å². The molecule has 12 aliphatic heterocycles. The topological polar surface area (TPSA) is 238 Å². The van der Waals surface area contributed by atoms with Gasteiger partial charge in [-0.05, 0) is 195 Å². The molecule has 27 nitrogen and oxygen atoms in total. The summed E-state index contributed by atoms with van der Waals surface area (Å²) in [6.07, 6.45) is 9.86. The molecule has 9 saturated heterocycles. The van der Waals surface area contributed by atoms with E-state index in [9.17, 15) is 43.2 Å². The van der Waals surface area contributed by atoms with Gasteiger partial charge in [0.1, 0.15) is 31.4 Å². The Bertz CT molecular complexity index is 5360. The number of fused-ring (bicyclic) bond motifs is 3. The molecule has 0 spiro atoms. The summed E-state index contributed by atoms with van der Waals surface area (Å²) in [6, 6.07) is 46.3. The second kappa shape index (κ2) is 45.5. The Hall–Kier alpha value is -9.79. The standard InChI is InChI=1S/C39H55FN6O3S.2C37H52N6O3S.5H2/c1-38(2,3)17-21-46-35(48)32(50-36(46)29-11-9-12-30(40)34(29)43-22-24-44(25-23-43)39(4,5)6)26-33(47)42-18-15-28(16-19-42)45-20-14-27-10-7-8-13-31(27)41-37(45)49;2*1-36(2,3)17-21-43-33(29-11-7-9-13-31(29)40-24-22-39(5)23-25-40)47-37(4,34(43)45)26-32(44)41-18-15-28(16-19-41)42-20-14-27-10-6-8-12-30(27)38-35(42)46;;;;;/h7-13,28,32,36H,14-26H2,1-6H3,(H,41,49);2*6-13,28,33H,14-26H2,1-5H3,(H,38,46);5*1H/t;33-,37+;33-,37-;;;;;/m.01...../s1. The number of nitrogens with zero attached hydrogens (tertiary/aromatic N) is 15. The average Bonchev–Trinajstić information content (AvgIpc) is 1.59. The highest BCUT2D eigenvalue weighted by Gasteiger charge is 2.55. The minimum Gasteiger partial charge on any atom is -0.369 e. The van der Waals surface area contributed by atoms with Crippen LogP contribution in [0.5, 0.6) is 0 Å². The summed E-state index contributed by atoms with van der Waals surface area (Å²) in [4.78, 5) is 156.